The van der Waals surface area contributed by atoms with E-state index < -0.39 is 17.7 Å². The lowest BCUT2D eigenvalue weighted by atomic mass is 9.94. The van der Waals surface area contributed by atoms with Crippen LogP contribution in [-0.2, 0) is 16.1 Å². The van der Waals surface area contributed by atoms with E-state index in [9.17, 15) is 14.7 Å². The van der Waals surface area contributed by atoms with Gasteiger partial charge in [-0.15, -0.1) is 0 Å². The molecule has 1 aromatic heterocycles. The van der Waals surface area contributed by atoms with E-state index in [0.717, 1.165) is 11.1 Å². The number of likely N-dealkylation sites (tertiary alicyclic amines) is 1. The summed E-state index contributed by atoms with van der Waals surface area (Å²) in [5.74, 6) is -0.193. The number of amides is 1. The number of hydrogen-bond acceptors (Lipinski definition) is 7. The summed E-state index contributed by atoms with van der Waals surface area (Å²) in [5.41, 5.74) is 2.48. The van der Waals surface area contributed by atoms with Gasteiger partial charge in [-0.05, 0) is 60.0 Å². The molecule has 1 N–H and O–H groups in total. The number of pyridine rings is 1. The van der Waals surface area contributed by atoms with Gasteiger partial charge in [0.15, 0.2) is 11.5 Å². The Labute approximate surface area is 215 Å². The van der Waals surface area contributed by atoms with Crippen molar-refractivity contribution in [1.82, 2.24) is 9.88 Å². The van der Waals surface area contributed by atoms with Crippen molar-refractivity contribution in [2.75, 3.05) is 20.8 Å². The smallest absolute Gasteiger partial charge is 0.295 e. The number of aliphatic hydroxyl groups excluding tert-OH is 1. The number of rotatable bonds is 9. The third-order valence-corrected chi connectivity index (χ3v) is 6.14. The second-order valence-corrected chi connectivity index (χ2v) is 8.48. The fourth-order valence-corrected chi connectivity index (χ4v) is 4.36. The van der Waals surface area contributed by atoms with Gasteiger partial charge in [0.05, 0.1) is 25.8 Å². The molecule has 0 aliphatic carbocycles. The standard InChI is InChI=1S/C29H28N2O6/c1-5-13-37-22-10-9-21(14-18(22)2)27(32)25-26(20-8-11-23(35-3)24(15-20)36-4)31(29(34)28(25)33)17-19-7-6-12-30-16-19/h5-12,14-16,26,32H,1,13,17H2,2-4H3/b27-25-. The second kappa shape index (κ2) is 11.0. The summed E-state index contributed by atoms with van der Waals surface area (Å²) in [7, 11) is 3.03. The molecule has 0 spiro atoms. The lowest BCUT2D eigenvalue weighted by Crippen LogP contribution is -2.29. The van der Waals surface area contributed by atoms with Crippen LogP contribution >= 0.6 is 0 Å². The molecule has 1 saturated heterocycles. The molecular weight excluding hydrogens is 472 g/mol. The normalized spacial score (nSPS) is 16.5. The van der Waals surface area contributed by atoms with Gasteiger partial charge in [0.25, 0.3) is 11.7 Å². The lowest BCUT2D eigenvalue weighted by Gasteiger charge is -2.26. The van der Waals surface area contributed by atoms with Crippen LogP contribution in [-0.4, -0.2) is 47.5 Å². The van der Waals surface area contributed by atoms with Crippen LogP contribution in [0.1, 0.15) is 28.3 Å². The van der Waals surface area contributed by atoms with Crippen LogP contribution in [0.3, 0.4) is 0 Å². The molecule has 1 unspecified atom stereocenters. The number of aryl methyl sites for hydroxylation is 1. The van der Waals surface area contributed by atoms with Crippen molar-refractivity contribution in [1.29, 1.82) is 0 Å². The predicted molar refractivity (Wildman–Crippen MR) is 139 cm³/mol. The second-order valence-electron chi connectivity index (χ2n) is 8.48. The molecule has 1 amide bonds. The van der Waals surface area contributed by atoms with Gasteiger partial charge in [0, 0.05) is 24.5 Å². The SMILES string of the molecule is C=CCOc1ccc(/C(O)=C2/C(=O)C(=O)N(Cc3cccnc3)C2c2ccc(OC)c(OC)c2)cc1C. The minimum absolute atomic E-state index is 0.0136. The molecular formula is C29H28N2O6. The Bertz CT molecular complexity index is 1370. The lowest BCUT2D eigenvalue weighted by molar-refractivity contribution is -0.140. The van der Waals surface area contributed by atoms with Gasteiger partial charge in [-0.1, -0.05) is 24.8 Å². The fourth-order valence-electron chi connectivity index (χ4n) is 4.36. The van der Waals surface area contributed by atoms with Gasteiger partial charge in [-0.3, -0.25) is 14.6 Å². The van der Waals surface area contributed by atoms with E-state index in [0.29, 0.717) is 35.0 Å². The monoisotopic (exact) mass is 500 g/mol. The largest absolute Gasteiger partial charge is 0.507 e. The maximum Gasteiger partial charge on any atom is 0.295 e. The van der Waals surface area contributed by atoms with Crippen LogP contribution in [0.2, 0.25) is 0 Å². The number of ether oxygens (including phenoxy) is 3. The first kappa shape index (κ1) is 25.5. The zero-order valence-corrected chi connectivity index (χ0v) is 20.9. The van der Waals surface area contributed by atoms with Gasteiger partial charge in [-0.25, -0.2) is 0 Å². The number of carbonyl (C=O) groups excluding carboxylic acids is 2. The minimum Gasteiger partial charge on any atom is -0.507 e. The number of carbonyl (C=O) groups is 2. The van der Waals surface area contributed by atoms with E-state index in [2.05, 4.69) is 11.6 Å². The highest BCUT2D eigenvalue weighted by Crippen LogP contribution is 2.43. The molecule has 190 valence electrons. The van der Waals surface area contributed by atoms with Crippen molar-refractivity contribution in [3.05, 3.63) is 101 Å². The summed E-state index contributed by atoms with van der Waals surface area (Å²) < 4.78 is 16.4. The Hall–Kier alpha value is -4.59. The molecule has 37 heavy (non-hydrogen) atoms. The van der Waals surface area contributed by atoms with Crippen molar-refractivity contribution in [3.63, 3.8) is 0 Å². The zero-order valence-electron chi connectivity index (χ0n) is 20.9. The van der Waals surface area contributed by atoms with E-state index in [1.54, 1.807) is 60.9 Å². The van der Waals surface area contributed by atoms with Gasteiger partial charge in [0.2, 0.25) is 0 Å². The number of methoxy groups -OCH3 is 2. The number of nitrogens with zero attached hydrogens (tertiary/aromatic N) is 2. The van der Waals surface area contributed by atoms with Crippen molar-refractivity contribution in [3.8, 4) is 17.2 Å². The van der Waals surface area contributed by atoms with Crippen LogP contribution in [0.25, 0.3) is 5.76 Å². The van der Waals surface area contributed by atoms with Crippen LogP contribution in [0.4, 0.5) is 0 Å². The first-order chi connectivity index (χ1) is 17.9. The van der Waals surface area contributed by atoms with Crippen molar-refractivity contribution >= 4 is 17.4 Å². The number of hydrogen-bond donors (Lipinski definition) is 1. The molecule has 0 radical (unpaired) electrons. The summed E-state index contributed by atoms with van der Waals surface area (Å²) in [5, 5.41) is 11.4. The maximum absolute atomic E-state index is 13.4. The Kier molecular flexibility index (Phi) is 7.57. The quantitative estimate of drug-likeness (QED) is 0.199. The van der Waals surface area contributed by atoms with Crippen LogP contribution in [0.5, 0.6) is 17.2 Å². The number of Topliss-reactive ketones (excluding diaryl/α,β-unsaturated/α-hetero) is 1. The zero-order chi connectivity index (χ0) is 26.5. The maximum atomic E-state index is 13.4. The Morgan fingerprint density at radius 2 is 1.84 bits per heavy atom. The third kappa shape index (κ3) is 5.04. The fraction of sp³-hybridized carbons (Fsp3) is 0.207. The van der Waals surface area contributed by atoms with Crippen LogP contribution in [0.15, 0.2) is 79.2 Å². The third-order valence-electron chi connectivity index (χ3n) is 6.14. The number of benzene rings is 2. The van der Waals surface area contributed by atoms with Crippen molar-refractivity contribution in [2.45, 2.75) is 19.5 Å². The van der Waals surface area contributed by atoms with E-state index in [4.69, 9.17) is 14.2 Å². The summed E-state index contributed by atoms with van der Waals surface area (Å²) in [4.78, 5) is 32.2. The van der Waals surface area contributed by atoms with Gasteiger partial charge >= 0.3 is 0 Å². The number of ketones is 1. The molecule has 3 aromatic rings. The minimum atomic E-state index is -0.864. The van der Waals surface area contributed by atoms with E-state index in [1.807, 2.05) is 13.0 Å². The average Bonchev–Trinajstić information content (AvgIpc) is 3.17. The molecule has 8 heteroatoms. The molecule has 8 nitrogen and oxygen atoms in total. The highest BCUT2D eigenvalue weighted by atomic mass is 16.5. The van der Waals surface area contributed by atoms with Crippen molar-refractivity contribution < 1.29 is 28.9 Å². The molecule has 2 aromatic carbocycles. The Morgan fingerprint density at radius 3 is 2.49 bits per heavy atom. The highest BCUT2D eigenvalue weighted by molar-refractivity contribution is 6.46. The number of aromatic nitrogens is 1. The molecule has 1 aliphatic rings. The molecule has 4 rings (SSSR count). The first-order valence-corrected chi connectivity index (χ1v) is 11.6. The van der Waals surface area contributed by atoms with Gasteiger partial charge in [-0.2, -0.15) is 0 Å². The van der Waals surface area contributed by atoms with Gasteiger partial charge < -0.3 is 24.2 Å². The first-order valence-electron chi connectivity index (χ1n) is 11.6. The summed E-state index contributed by atoms with van der Waals surface area (Å²) in [6.45, 7) is 5.95. The molecule has 0 saturated carbocycles. The van der Waals surface area contributed by atoms with Crippen molar-refractivity contribution in [2.24, 2.45) is 0 Å². The van der Waals surface area contributed by atoms with Crippen LogP contribution < -0.4 is 14.2 Å². The summed E-state index contributed by atoms with van der Waals surface area (Å²) in [6, 6.07) is 13.0. The van der Waals surface area contributed by atoms with E-state index >= 15 is 0 Å². The molecule has 1 atom stereocenters. The topological polar surface area (TPSA) is 98.2 Å². The molecule has 0 bridgehead atoms. The van der Waals surface area contributed by atoms with Crippen LogP contribution in [0, 0.1) is 6.92 Å². The van der Waals surface area contributed by atoms with E-state index in [1.165, 1.54) is 19.1 Å². The number of aliphatic hydroxyl groups is 1. The van der Waals surface area contributed by atoms with E-state index in [-0.39, 0.29) is 17.9 Å². The van der Waals surface area contributed by atoms with Gasteiger partial charge in [0.1, 0.15) is 18.1 Å². The highest BCUT2D eigenvalue weighted by Gasteiger charge is 2.46. The molecule has 1 fully saturated rings. The predicted octanol–water partition coefficient (Wildman–Crippen LogP) is 4.59. The Morgan fingerprint density at radius 1 is 1.08 bits per heavy atom. The Balaban J connectivity index is 1.86. The summed E-state index contributed by atoms with van der Waals surface area (Å²) in [6.07, 6.45) is 4.91. The molecule has 2 heterocycles. The summed E-state index contributed by atoms with van der Waals surface area (Å²) >= 11 is 0. The molecule has 1 aliphatic heterocycles. The average molecular weight is 501 g/mol.